The molecule has 2 unspecified atom stereocenters. The predicted molar refractivity (Wildman–Crippen MR) is 153 cm³/mol. The Hall–Kier alpha value is -3.22. The van der Waals surface area contributed by atoms with Crippen LogP contribution < -0.4 is 24.8 Å². The molecule has 0 saturated carbocycles. The summed E-state index contributed by atoms with van der Waals surface area (Å²) in [5.74, 6) is 1.38. The molecule has 2 aromatic rings. The highest BCUT2D eigenvalue weighted by atomic mass is 16.5. The Morgan fingerprint density at radius 2 is 1.58 bits per heavy atom. The molecule has 0 fully saturated rings. The van der Waals surface area contributed by atoms with Crippen molar-refractivity contribution in [1.29, 1.82) is 0 Å². The lowest BCUT2D eigenvalue weighted by Crippen LogP contribution is -2.38. The van der Waals surface area contributed by atoms with Crippen molar-refractivity contribution >= 4 is 17.5 Å². The largest absolute Gasteiger partial charge is 0.496 e. The number of anilines is 1. The smallest absolute Gasteiger partial charge is 0.228 e. The summed E-state index contributed by atoms with van der Waals surface area (Å²) in [6.07, 6.45) is 5.00. The Balaban J connectivity index is 2.49. The van der Waals surface area contributed by atoms with Crippen molar-refractivity contribution in [3.8, 4) is 17.2 Å². The van der Waals surface area contributed by atoms with Crippen LogP contribution in [0.15, 0.2) is 36.4 Å². The molecule has 2 N–H and O–H groups in total. The molecule has 0 spiro atoms. The summed E-state index contributed by atoms with van der Waals surface area (Å²) >= 11 is 0. The highest BCUT2D eigenvalue weighted by molar-refractivity contribution is 5.94. The summed E-state index contributed by atoms with van der Waals surface area (Å²) < 4.78 is 16.9. The number of hydrogen-bond acceptors (Lipinski definition) is 5. The quantitative estimate of drug-likeness (QED) is 0.280. The van der Waals surface area contributed by atoms with E-state index >= 15 is 0 Å². The maximum Gasteiger partial charge on any atom is 0.228 e. The molecule has 0 aliphatic heterocycles. The number of carbonyl (C=O) groups excluding carboxylic acids is 2. The van der Waals surface area contributed by atoms with Gasteiger partial charge in [0.15, 0.2) is 11.5 Å². The third kappa shape index (κ3) is 8.40. The van der Waals surface area contributed by atoms with Crippen LogP contribution in [-0.4, -0.2) is 40.2 Å². The van der Waals surface area contributed by atoms with Gasteiger partial charge in [-0.3, -0.25) is 9.59 Å². The Labute approximate surface area is 228 Å². The van der Waals surface area contributed by atoms with Gasteiger partial charge in [-0.25, -0.2) is 0 Å². The summed E-state index contributed by atoms with van der Waals surface area (Å²) in [5, 5.41) is 5.84. The molecule has 0 heterocycles. The highest BCUT2D eigenvalue weighted by Crippen LogP contribution is 2.47. The maximum atomic E-state index is 14.0. The fourth-order valence-corrected chi connectivity index (χ4v) is 5.05. The lowest BCUT2D eigenvalue weighted by molar-refractivity contribution is -0.124. The number of carbonyl (C=O) groups is 2. The number of rotatable bonds is 14. The monoisotopic (exact) mass is 526 g/mol. The molecule has 0 aromatic heterocycles. The van der Waals surface area contributed by atoms with Gasteiger partial charge in [-0.2, -0.15) is 0 Å². The van der Waals surface area contributed by atoms with E-state index in [1.165, 1.54) is 0 Å². The zero-order chi connectivity index (χ0) is 28.3. The molecule has 0 saturated heterocycles. The number of unbranched alkanes of at least 4 members (excludes halogenated alkanes) is 2. The van der Waals surface area contributed by atoms with Crippen molar-refractivity contribution in [2.24, 2.45) is 11.3 Å². The van der Waals surface area contributed by atoms with Gasteiger partial charge in [0.1, 0.15) is 5.75 Å². The standard InChI is InChI=1S/C31H46N2O5/c1-9-10-11-15-23(24-19-26(37-7)27(38-8)20-25(24)36-6)29(31(2,3)4)30(35)33-22-14-12-13-21(18-22)16-17-28(34)32-5/h12-14,18-20,23,29H,9-11,15-17H2,1-8H3,(H,32,34)(H,33,35). The Morgan fingerprint density at radius 3 is 2.16 bits per heavy atom. The maximum absolute atomic E-state index is 14.0. The van der Waals surface area contributed by atoms with E-state index in [9.17, 15) is 9.59 Å². The van der Waals surface area contributed by atoms with E-state index in [-0.39, 0.29) is 29.1 Å². The Morgan fingerprint density at radius 1 is 0.921 bits per heavy atom. The molecule has 210 valence electrons. The third-order valence-electron chi connectivity index (χ3n) is 6.99. The molecule has 0 bridgehead atoms. The lowest BCUT2D eigenvalue weighted by Gasteiger charge is -2.37. The second-order valence-corrected chi connectivity index (χ2v) is 10.8. The van der Waals surface area contributed by atoms with Crippen molar-refractivity contribution < 1.29 is 23.8 Å². The summed E-state index contributed by atoms with van der Waals surface area (Å²) in [7, 11) is 6.50. The molecular weight excluding hydrogens is 480 g/mol. The third-order valence-corrected chi connectivity index (χ3v) is 6.99. The van der Waals surface area contributed by atoms with Gasteiger partial charge in [0.25, 0.3) is 0 Å². The van der Waals surface area contributed by atoms with Crippen LogP contribution in [0.1, 0.15) is 76.8 Å². The van der Waals surface area contributed by atoms with Crippen molar-refractivity contribution in [2.45, 2.75) is 72.1 Å². The van der Waals surface area contributed by atoms with E-state index in [0.29, 0.717) is 30.1 Å². The Bertz CT molecular complexity index is 1060. The number of aryl methyl sites for hydroxylation is 1. The highest BCUT2D eigenvalue weighted by Gasteiger charge is 2.40. The average Bonchev–Trinajstić information content (AvgIpc) is 2.89. The SMILES string of the molecule is CCCCCC(c1cc(OC)c(OC)cc1OC)C(C(=O)Nc1cccc(CCC(=O)NC)c1)C(C)(C)C. The van der Waals surface area contributed by atoms with E-state index in [1.54, 1.807) is 28.4 Å². The number of amides is 2. The normalized spacial score (nSPS) is 12.8. The zero-order valence-corrected chi connectivity index (χ0v) is 24.4. The topological polar surface area (TPSA) is 85.9 Å². The van der Waals surface area contributed by atoms with Gasteiger partial charge in [-0.15, -0.1) is 0 Å². The van der Waals surface area contributed by atoms with Gasteiger partial charge in [-0.05, 0) is 47.9 Å². The summed E-state index contributed by atoms with van der Waals surface area (Å²) in [4.78, 5) is 25.7. The zero-order valence-electron chi connectivity index (χ0n) is 24.4. The Kier molecular flexibility index (Phi) is 11.9. The van der Waals surface area contributed by atoms with Crippen LogP contribution in [0.3, 0.4) is 0 Å². The van der Waals surface area contributed by atoms with Crippen LogP contribution in [0.4, 0.5) is 5.69 Å². The molecule has 0 aliphatic rings. The number of methoxy groups -OCH3 is 3. The van der Waals surface area contributed by atoms with Crippen molar-refractivity contribution in [3.05, 3.63) is 47.5 Å². The van der Waals surface area contributed by atoms with Gasteiger partial charge < -0.3 is 24.8 Å². The molecule has 7 nitrogen and oxygen atoms in total. The van der Waals surface area contributed by atoms with Crippen LogP contribution in [0, 0.1) is 11.3 Å². The van der Waals surface area contributed by atoms with Gasteiger partial charge in [-0.1, -0.05) is 59.1 Å². The first kappa shape index (κ1) is 31.0. The van der Waals surface area contributed by atoms with Crippen molar-refractivity contribution in [1.82, 2.24) is 5.32 Å². The van der Waals surface area contributed by atoms with E-state index in [1.807, 2.05) is 36.4 Å². The van der Waals surface area contributed by atoms with Crippen LogP contribution in [0.2, 0.25) is 0 Å². The van der Waals surface area contributed by atoms with Gasteiger partial charge in [0.05, 0.1) is 27.2 Å². The van der Waals surface area contributed by atoms with E-state index < -0.39 is 0 Å². The van der Waals surface area contributed by atoms with Crippen LogP contribution in [-0.2, 0) is 16.0 Å². The molecule has 2 atom stereocenters. The fourth-order valence-electron chi connectivity index (χ4n) is 5.05. The van der Waals surface area contributed by atoms with E-state index in [4.69, 9.17) is 14.2 Å². The minimum absolute atomic E-state index is 0.00831. The molecule has 2 rings (SSSR count). The summed E-state index contributed by atoms with van der Waals surface area (Å²) in [5.41, 5.74) is 2.33. The van der Waals surface area contributed by atoms with Gasteiger partial charge >= 0.3 is 0 Å². The molecule has 2 aromatic carbocycles. The van der Waals surface area contributed by atoms with Crippen molar-refractivity contribution in [2.75, 3.05) is 33.7 Å². The first-order valence-corrected chi connectivity index (χ1v) is 13.5. The first-order chi connectivity index (χ1) is 18.1. The molecule has 7 heteroatoms. The minimum Gasteiger partial charge on any atom is -0.496 e. The summed E-state index contributed by atoms with van der Waals surface area (Å²) in [6.45, 7) is 8.50. The molecule has 2 amide bonds. The van der Waals surface area contributed by atoms with Gasteiger partial charge in [0.2, 0.25) is 11.8 Å². The second kappa shape index (κ2) is 14.6. The molecular formula is C31H46N2O5. The minimum atomic E-state index is -0.346. The van der Waals surface area contributed by atoms with E-state index in [0.717, 1.165) is 42.5 Å². The van der Waals surface area contributed by atoms with Gasteiger partial charge in [0, 0.05) is 30.8 Å². The molecule has 0 radical (unpaired) electrons. The average molecular weight is 527 g/mol. The summed E-state index contributed by atoms with van der Waals surface area (Å²) in [6, 6.07) is 11.5. The van der Waals surface area contributed by atoms with Crippen LogP contribution in [0.5, 0.6) is 17.2 Å². The second-order valence-electron chi connectivity index (χ2n) is 10.8. The number of hydrogen-bond donors (Lipinski definition) is 2. The van der Waals surface area contributed by atoms with E-state index in [2.05, 4.69) is 38.3 Å². The number of benzene rings is 2. The lowest BCUT2D eigenvalue weighted by atomic mass is 9.68. The molecule has 38 heavy (non-hydrogen) atoms. The number of nitrogens with one attached hydrogen (secondary N) is 2. The molecule has 0 aliphatic carbocycles. The van der Waals surface area contributed by atoms with Crippen LogP contribution >= 0.6 is 0 Å². The van der Waals surface area contributed by atoms with Crippen molar-refractivity contribution in [3.63, 3.8) is 0 Å². The number of ether oxygens (including phenoxy) is 3. The predicted octanol–water partition coefficient (Wildman–Crippen LogP) is 6.36. The van der Waals surface area contributed by atoms with Crippen LogP contribution in [0.25, 0.3) is 0 Å². The first-order valence-electron chi connectivity index (χ1n) is 13.5. The fraction of sp³-hybridized carbons (Fsp3) is 0.548.